The molecule has 0 radical (unpaired) electrons. The lowest BCUT2D eigenvalue weighted by Gasteiger charge is -2.23. The van der Waals surface area contributed by atoms with Gasteiger partial charge in [-0.25, -0.2) is 0 Å². The summed E-state index contributed by atoms with van der Waals surface area (Å²) in [5.41, 5.74) is 2.05. The highest BCUT2D eigenvalue weighted by Crippen LogP contribution is 2.56. The van der Waals surface area contributed by atoms with Gasteiger partial charge >= 0.3 is 0 Å². The second-order valence-electron chi connectivity index (χ2n) is 7.80. The van der Waals surface area contributed by atoms with E-state index in [1.807, 2.05) is 72.8 Å². The van der Waals surface area contributed by atoms with Crippen LogP contribution in [-0.4, -0.2) is 23.2 Å². The van der Waals surface area contributed by atoms with Gasteiger partial charge in [-0.2, -0.15) is 4.31 Å². The van der Waals surface area contributed by atoms with E-state index < -0.39 is 11.4 Å². The van der Waals surface area contributed by atoms with Gasteiger partial charge in [-0.1, -0.05) is 139 Å². The number of halogens is 3. The Bertz CT molecular complexity index is 759. The lowest BCUT2D eigenvalue weighted by Crippen LogP contribution is -2.19. The van der Waals surface area contributed by atoms with Crippen molar-refractivity contribution in [2.45, 2.75) is 66.2 Å². The molecule has 2 aromatic carbocycles. The third-order valence-electron chi connectivity index (χ3n) is 4.93. The van der Waals surface area contributed by atoms with Crippen molar-refractivity contribution in [1.82, 2.24) is 4.31 Å². The summed E-state index contributed by atoms with van der Waals surface area (Å²) in [4.78, 5) is 11.6. The number of carbonyl (C=O) groups is 1. The summed E-state index contributed by atoms with van der Waals surface area (Å²) in [6.45, 7) is 7.65. The van der Waals surface area contributed by atoms with E-state index in [9.17, 15) is 16.5 Å². The molecule has 0 atom stereocenters. The Kier molecular flexibility index (Phi) is 19.6. The molecule has 0 saturated carbocycles. The fourth-order valence-electron chi connectivity index (χ4n) is 2.91. The number of unbranched alkanes of at least 4 members (excludes halogenated alkanes) is 5. The first-order valence-electron chi connectivity index (χ1n) is 12.5. The quantitative estimate of drug-likeness (QED) is 0.209. The van der Waals surface area contributed by atoms with Gasteiger partial charge in [0, 0.05) is 13.1 Å². The molecule has 0 aromatic heterocycles. The molecular formula is C29H42F3NOS. The zero-order valence-electron chi connectivity index (χ0n) is 21.6. The number of hydrogen-bond donors (Lipinski definition) is 0. The highest BCUT2D eigenvalue weighted by atomic mass is 32.3. The monoisotopic (exact) mass is 509 g/mol. The third-order valence-corrected chi connectivity index (χ3v) is 6.04. The highest BCUT2D eigenvalue weighted by molar-refractivity contribution is 8.18. The van der Waals surface area contributed by atoms with Gasteiger partial charge in [0.2, 0.25) is 0 Å². The maximum Gasteiger partial charge on any atom is 0.278 e. The Morgan fingerprint density at radius 3 is 1.31 bits per heavy atom. The fraction of sp³-hybridized carbons (Fsp3) is 0.414. The van der Waals surface area contributed by atoms with Gasteiger partial charge in [-0.15, -0.1) is 11.7 Å². The van der Waals surface area contributed by atoms with Crippen LogP contribution in [0.3, 0.4) is 0 Å². The average molecular weight is 510 g/mol. The molecule has 2 aromatic rings. The highest BCUT2D eigenvalue weighted by Gasteiger charge is 2.27. The van der Waals surface area contributed by atoms with Gasteiger partial charge in [0.15, 0.2) is 5.78 Å². The number of ketones is 1. The maximum atomic E-state index is 11.7. The van der Waals surface area contributed by atoms with Crippen LogP contribution < -0.4 is 0 Å². The Morgan fingerprint density at radius 1 is 0.686 bits per heavy atom. The largest absolute Gasteiger partial charge is 0.290 e. The first-order valence-corrected chi connectivity index (χ1v) is 13.7. The van der Waals surface area contributed by atoms with Gasteiger partial charge in [0.05, 0.1) is 0 Å². The Hall–Kier alpha value is -2.31. The van der Waals surface area contributed by atoms with Crippen LogP contribution in [0.25, 0.3) is 12.2 Å². The molecule has 0 N–H and O–H groups in total. The summed E-state index contributed by atoms with van der Waals surface area (Å²) in [6, 6.07) is 19.6. The van der Waals surface area contributed by atoms with Gasteiger partial charge in [-0.3, -0.25) is 4.79 Å². The lowest BCUT2D eigenvalue weighted by molar-refractivity contribution is -0.110. The number of nitrogens with zero attached hydrogens (tertiary/aromatic N) is 1. The van der Waals surface area contributed by atoms with Crippen molar-refractivity contribution in [2.75, 3.05) is 13.1 Å². The van der Waals surface area contributed by atoms with E-state index in [2.05, 4.69) is 13.8 Å². The van der Waals surface area contributed by atoms with Crippen LogP contribution in [0.15, 0.2) is 72.8 Å². The summed E-state index contributed by atoms with van der Waals surface area (Å²) >= 11 is -4.93. The molecule has 0 amide bonds. The molecule has 0 unspecified atom stereocenters. The number of rotatable bonds is 12. The Morgan fingerprint density at radius 2 is 1.06 bits per heavy atom. The number of hydrogen-bond acceptors (Lipinski definition) is 2. The van der Waals surface area contributed by atoms with E-state index in [4.69, 9.17) is 0 Å². The van der Waals surface area contributed by atoms with Gasteiger partial charge < -0.3 is 0 Å². The lowest BCUT2D eigenvalue weighted by atomic mass is 10.1. The van der Waals surface area contributed by atoms with Crippen molar-refractivity contribution in [3.63, 3.8) is 0 Å². The third kappa shape index (κ3) is 18.7. The SMILES string of the molecule is CCCCCCCC.CCN(CC)S(F)(F)F.O=C(C=Cc1ccccc1)C=Cc1ccccc1. The molecule has 35 heavy (non-hydrogen) atoms. The van der Waals surface area contributed by atoms with E-state index in [0.717, 1.165) is 11.1 Å². The van der Waals surface area contributed by atoms with E-state index in [1.54, 1.807) is 12.2 Å². The zero-order chi connectivity index (χ0) is 26.4. The molecule has 0 aliphatic rings. The molecule has 0 aliphatic heterocycles. The summed E-state index contributed by atoms with van der Waals surface area (Å²) in [5.74, 6) is -0.0114. The number of carbonyl (C=O) groups excluding carboxylic acids is 1. The Balaban J connectivity index is 0.000000573. The minimum Gasteiger partial charge on any atom is -0.290 e. The minimum atomic E-state index is -4.93. The molecule has 2 rings (SSSR count). The van der Waals surface area contributed by atoms with Crippen LogP contribution in [0, 0.1) is 0 Å². The molecule has 0 aliphatic carbocycles. The summed E-state index contributed by atoms with van der Waals surface area (Å²) in [7, 11) is 0. The molecule has 0 bridgehead atoms. The summed E-state index contributed by atoms with van der Waals surface area (Å²) in [6.07, 6.45) is 15.3. The predicted octanol–water partition coefficient (Wildman–Crippen LogP) is 10.1. The second kappa shape index (κ2) is 21.0. The topological polar surface area (TPSA) is 20.3 Å². The second-order valence-corrected chi connectivity index (χ2v) is 9.08. The smallest absolute Gasteiger partial charge is 0.278 e. The molecule has 2 nitrogen and oxygen atoms in total. The van der Waals surface area contributed by atoms with Crippen molar-refractivity contribution in [3.05, 3.63) is 83.9 Å². The number of allylic oxidation sites excluding steroid dienone is 2. The first-order chi connectivity index (χ1) is 16.8. The minimum absolute atomic E-state index is 0.0114. The van der Waals surface area contributed by atoms with Crippen LogP contribution in [0.1, 0.15) is 77.3 Å². The molecule has 0 saturated heterocycles. The Labute approximate surface area is 213 Å². The van der Waals surface area contributed by atoms with Crippen molar-refractivity contribution < 1.29 is 16.5 Å². The van der Waals surface area contributed by atoms with Crippen molar-refractivity contribution >= 4 is 29.3 Å². The van der Waals surface area contributed by atoms with Crippen LogP contribution >= 0.6 is 11.4 Å². The summed E-state index contributed by atoms with van der Waals surface area (Å²) < 4.78 is 35.7. The van der Waals surface area contributed by atoms with Crippen molar-refractivity contribution in [3.8, 4) is 0 Å². The standard InChI is InChI=1S/C17H14O.C8H18.C4H10F3NS/c18-17(13-11-15-7-3-1-4-8-15)14-12-16-9-5-2-6-10-16;1-3-5-7-8-6-4-2;1-3-8(4-2)9(5,6)7/h1-14H;3-8H2,1-2H3;3-4H2,1-2H3. The normalized spacial score (nSPS) is 11.7. The van der Waals surface area contributed by atoms with Crippen LogP contribution in [0.4, 0.5) is 11.7 Å². The molecule has 0 spiro atoms. The first kappa shape index (κ1) is 32.7. The fourth-order valence-corrected chi connectivity index (χ4v) is 3.50. The average Bonchev–Trinajstić information content (AvgIpc) is 2.86. The maximum absolute atomic E-state index is 11.7. The van der Waals surface area contributed by atoms with E-state index in [1.165, 1.54) is 52.4 Å². The number of benzene rings is 2. The van der Waals surface area contributed by atoms with Gasteiger partial charge in [0.1, 0.15) is 0 Å². The van der Waals surface area contributed by atoms with Crippen LogP contribution in [0.5, 0.6) is 0 Å². The zero-order valence-corrected chi connectivity index (χ0v) is 22.5. The summed E-state index contributed by atoms with van der Waals surface area (Å²) in [5, 5.41) is 0. The van der Waals surface area contributed by atoms with Crippen LogP contribution in [-0.2, 0) is 4.79 Å². The molecule has 0 fully saturated rings. The van der Waals surface area contributed by atoms with Crippen molar-refractivity contribution in [1.29, 1.82) is 0 Å². The molecule has 196 valence electrons. The predicted molar refractivity (Wildman–Crippen MR) is 149 cm³/mol. The van der Waals surface area contributed by atoms with E-state index >= 15 is 0 Å². The van der Waals surface area contributed by atoms with Crippen molar-refractivity contribution in [2.24, 2.45) is 0 Å². The van der Waals surface area contributed by atoms with Gasteiger partial charge in [0.25, 0.3) is 11.4 Å². The molecular weight excluding hydrogens is 467 g/mol. The molecule has 6 heteroatoms. The van der Waals surface area contributed by atoms with E-state index in [0.29, 0.717) is 4.31 Å². The molecule has 0 heterocycles. The van der Waals surface area contributed by atoms with E-state index in [-0.39, 0.29) is 18.9 Å². The van der Waals surface area contributed by atoms with Gasteiger partial charge in [-0.05, 0) is 23.3 Å². The van der Waals surface area contributed by atoms with Crippen LogP contribution in [0.2, 0.25) is 0 Å².